The van der Waals surface area contributed by atoms with Gasteiger partial charge in [0.2, 0.25) is 0 Å². The second-order valence-corrected chi connectivity index (χ2v) is 7.81. The minimum Gasteiger partial charge on any atom is -0.361 e. The number of nitrogens with zero attached hydrogens (tertiary/aromatic N) is 3. The summed E-state index contributed by atoms with van der Waals surface area (Å²) in [6.07, 6.45) is 1.96. The van der Waals surface area contributed by atoms with Gasteiger partial charge in [-0.05, 0) is 25.6 Å². The minimum absolute atomic E-state index is 0.0889. The highest BCUT2D eigenvalue weighted by atomic mass is 32.1. The summed E-state index contributed by atoms with van der Waals surface area (Å²) >= 11 is 1.84. The molecule has 0 atom stereocenters. The van der Waals surface area contributed by atoms with Gasteiger partial charge in [-0.1, -0.05) is 31.2 Å². The Bertz CT molecular complexity index is 924. The van der Waals surface area contributed by atoms with Gasteiger partial charge < -0.3 is 9.80 Å². The van der Waals surface area contributed by atoms with E-state index in [-0.39, 0.29) is 5.78 Å². The van der Waals surface area contributed by atoms with Gasteiger partial charge in [-0.3, -0.25) is 9.78 Å². The van der Waals surface area contributed by atoms with Crippen LogP contribution in [0.2, 0.25) is 0 Å². The molecule has 4 rings (SSSR count). The summed E-state index contributed by atoms with van der Waals surface area (Å²) in [5.74, 6) is 0.0889. The van der Waals surface area contributed by atoms with Crippen LogP contribution in [0.3, 0.4) is 0 Å². The predicted molar refractivity (Wildman–Crippen MR) is 109 cm³/mol. The van der Waals surface area contributed by atoms with Crippen molar-refractivity contribution in [1.82, 2.24) is 9.88 Å². The fourth-order valence-electron chi connectivity index (χ4n) is 3.39. The molecule has 1 aliphatic rings. The van der Waals surface area contributed by atoms with Crippen LogP contribution in [0.15, 0.2) is 42.6 Å². The molecule has 0 aliphatic carbocycles. The number of hydrogen-bond donors (Lipinski definition) is 0. The number of hydrogen-bond acceptors (Lipinski definition) is 5. The zero-order chi connectivity index (χ0) is 18.1. The highest BCUT2D eigenvalue weighted by Gasteiger charge is 2.18. The average Bonchev–Trinajstić information content (AvgIpc) is 3.11. The van der Waals surface area contributed by atoms with Crippen molar-refractivity contribution in [3.05, 3.63) is 48.2 Å². The maximum Gasteiger partial charge on any atom is 0.159 e. The molecule has 1 aliphatic heterocycles. The van der Waals surface area contributed by atoms with E-state index in [9.17, 15) is 4.79 Å². The van der Waals surface area contributed by atoms with Crippen molar-refractivity contribution >= 4 is 32.2 Å². The lowest BCUT2D eigenvalue weighted by Crippen LogP contribution is -2.45. The first-order valence-corrected chi connectivity index (χ1v) is 9.94. The summed E-state index contributed by atoms with van der Waals surface area (Å²) in [5, 5.41) is 2.54. The summed E-state index contributed by atoms with van der Waals surface area (Å²) in [5.41, 5.74) is 2.74. The fraction of sp³-hybridized carbons (Fsp3) is 0.333. The van der Waals surface area contributed by atoms with Crippen LogP contribution in [0.1, 0.15) is 24.2 Å². The van der Waals surface area contributed by atoms with Gasteiger partial charge in [-0.2, -0.15) is 0 Å². The molecule has 3 aromatic rings. The van der Waals surface area contributed by atoms with Gasteiger partial charge in [0.1, 0.15) is 0 Å². The van der Waals surface area contributed by atoms with E-state index in [1.165, 1.54) is 15.1 Å². The Kier molecular flexibility index (Phi) is 4.74. The van der Waals surface area contributed by atoms with Gasteiger partial charge in [0.05, 0.1) is 10.7 Å². The molecule has 4 nitrogen and oxygen atoms in total. The molecule has 134 valence electrons. The van der Waals surface area contributed by atoms with Crippen molar-refractivity contribution < 1.29 is 4.79 Å². The van der Waals surface area contributed by atoms with Crippen molar-refractivity contribution in [2.75, 3.05) is 37.6 Å². The number of fused-ring (bicyclic) bond motifs is 1. The molecule has 1 aromatic carbocycles. The van der Waals surface area contributed by atoms with Crippen LogP contribution in [0.25, 0.3) is 21.3 Å². The van der Waals surface area contributed by atoms with Crippen LogP contribution in [0.5, 0.6) is 0 Å². The Balaban J connectivity index is 1.59. The Morgan fingerprint density at radius 1 is 1.12 bits per heavy atom. The van der Waals surface area contributed by atoms with Crippen molar-refractivity contribution in [1.29, 1.82) is 0 Å². The predicted octanol–water partition coefficient (Wildman–Crippen LogP) is 4.31. The van der Waals surface area contributed by atoms with E-state index in [2.05, 4.69) is 33.8 Å². The van der Waals surface area contributed by atoms with E-state index in [0.29, 0.717) is 0 Å². The number of carbonyl (C=O) groups is 1. The van der Waals surface area contributed by atoms with E-state index in [4.69, 9.17) is 0 Å². The quantitative estimate of drug-likeness (QED) is 0.646. The molecule has 3 heterocycles. The topological polar surface area (TPSA) is 36.4 Å². The average molecular weight is 366 g/mol. The van der Waals surface area contributed by atoms with E-state index in [0.717, 1.165) is 49.5 Å². The van der Waals surface area contributed by atoms with Crippen LogP contribution in [-0.2, 0) is 0 Å². The third kappa shape index (κ3) is 3.37. The minimum atomic E-state index is 0.0889. The number of Topliss-reactive ketones (excluding diaryl/α,β-unsaturated/α-hetero) is 1. The second kappa shape index (κ2) is 7.17. The number of likely N-dealkylation sites (N-methyl/N-ethyl adjacent to an activating group) is 1. The van der Waals surface area contributed by atoms with Crippen LogP contribution in [0.4, 0.5) is 5.00 Å². The standard InChI is InChI=1S/C21H23N3OS/c1-3-23-8-10-24(11-9-23)21-12-18-14-22-19(13-20(18)26-21)17-6-4-16(5-7-17)15(2)25/h4-7,12-14H,3,8-11H2,1-2H3. The first kappa shape index (κ1) is 17.2. The van der Waals surface area contributed by atoms with Crippen molar-refractivity contribution in [2.45, 2.75) is 13.8 Å². The molecule has 5 heteroatoms. The van der Waals surface area contributed by atoms with Gasteiger partial charge in [-0.15, -0.1) is 11.3 Å². The largest absolute Gasteiger partial charge is 0.361 e. The number of piperazine rings is 1. The monoisotopic (exact) mass is 365 g/mol. The molecule has 1 fully saturated rings. The first-order valence-electron chi connectivity index (χ1n) is 9.12. The van der Waals surface area contributed by atoms with Gasteiger partial charge in [0, 0.05) is 53.6 Å². The lowest BCUT2D eigenvalue weighted by Gasteiger charge is -2.34. The maximum atomic E-state index is 11.4. The highest BCUT2D eigenvalue weighted by molar-refractivity contribution is 7.22. The van der Waals surface area contributed by atoms with Crippen molar-refractivity contribution in [3.8, 4) is 11.3 Å². The third-order valence-corrected chi connectivity index (χ3v) is 6.27. The molecule has 0 radical (unpaired) electrons. The Labute approximate surface area is 158 Å². The summed E-state index contributed by atoms with van der Waals surface area (Å²) in [6.45, 7) is 9.41. The normalized spacial score (nSPS) is 15.5. The summed E-state index contributed by atoms with van der Waals surface area (Å²) in [4.78, 5) is 21.0. The zero-order valence-corrected chi connectivity index (χ0v) is 16.1. The first-order chi connectivity index (χ1) is 12.6. The Morgan fingerprint density at radius 2 is 1.85 bits per heavy atom. The van der Waals surface area contributed by atoms with Gasteiger partial charge >= 0.3 is 0 Å². The number of benzene rings is 1. The molecular weight excluding hydrogens is 342 g/mol. The molecule has 0 unspecified atom stereocenters. The van der Waals surface area contributed by atoms with Crippen molar-refractivity contribution in [2.24, 2.45) is 0 Å². The maximum absolute atomic E-state index is 11.4. The lowest BCUT2D eigenvalue weighted by atomic mass is 10.1. The summed E-state index contributed by atoms with van der Waals surface area (Å²) in [7, 11) is 0. The Morgan fingerprint density at radius 3 is 2.50 bits per heavy atom. The molecule has 0 N–H and O–H groups in total. The van der Waals surface area contributed by atoms with Crippen molar-refractivity contribution in [3.63, 3.8) is 0 Å². The summed E-state index contributed by atoms with van der Waals surface area (Å²) < 4.78 is 1.26. The fourth-order valence-corrected chi connectivity index (χ4v) is 4.52. The number of aromatic nitrogens is 1. The number of ketones is 1. The Hall–Kier alpha value is -2.24. The van der Waals surface area contributed by atoms with E-state index < -0.39 is 0 Å². The van der Waals surface area contributed by atoms with E-state index in [1.807, 2.05) is 41.8 Å². The van der Waals surface area contributed by atoms with Crippen LogP contribution in [-0.4, -0.2) is 48.4 Å². The number of carbonyl (C=O) groups excluding carboxylic acids is 1. The molecule has 0 saturated carbocycles. The highest BCUT2D eigenvalue weighted by Crippen LogP contribution is 2.34. The van der Waals surface area contributed by atoms with Gasteiger partial charge in [0.15, 0.2) is 5.78 Å². The molecule has 0 amide bonds. The summed E-state index contributed by atoms with van der Waals surface area (Å²) in [6, 6.07) is 12.1. The number of pyridine rings is 1. The zero-order valence-electron chi connectivity index (χ0n) is 15.2. The third-order valence-electron chi connectivity index (χ3n) is 5.11. The molecule has 2 aromatic heterocycles. The van der Waals surface area contributed by atoms with Gasteiger partial charge in [0.25, 0.3) is 0 Å². The molecule has 0 bridgehead atoms. The van der Waals surface area contributed by atoms with Gasteiger partial charge in [-0.25, -0.2) is 0 Å². The number of rotatable bonds is 4. The lowest BCUT2D eigenvalue weighted by molar-refractivity contribution is 0.101. The smallest absolute Gasteiger partial charge is 0.159 e. The van der Waals surface area contributed by atoms with Crippen LogP contribution >= 0.6 is 11.3 Å². The van der Waals surface area contributed by atoms with E-state index in [1.54, 1.807) is 6.92 Å². The molecule has 0 spiro atoms. The number of anilines is 1. The molecular formula is C21H23N3OS. The second-order valence-electron chi connectivity index (χ2n) is 6.75. The number of thiophene rings is 1. The van der Waals surface area contributed by atoms with Crippen LogP contribution < -0.4 is 4.90 Å². The SMILES string of the molecule is CCN1CCN(c2cc3cnc(-c4ccc(C(C)=O)cc4)cc3s2)CC1. The molecule has 26 heavy (non-hydrogen) atoms. The van der Waals surface area contributed by atoms with E-state index >= 15 is 0 Å². The molecule has 1 saturated heterocycles. The van der Waals surface area contributed by atoms with Crippen LogP contribution in [0, 0.1) is 0 Å².